The molecule has 0 aliphatic heterocycles. The van der Waals surface area contributed by atoms with Gasteiger partial charge in [-0.3, -0.25) is 0 Å². The van der Waals surface area contributed by atoms with Gasteiger partial charge in [0.05, 0.1) is 3.79 Å². The lowest BCUT2D eigenvalue weighted by molar-refractivity contribution is 0.578. The average Bonchev–Trinajstić information content (AvgIpc) is 2.93. The lowest BCUT2D eigenvalue weighted by Gasteiger charge is -2.01. The number of nitrogens with zero attached hydrogens (tertiary/aromatic N) is 2. The zero-order chi connectivity index (χ0) is 14.0. The first-order chi connectivity index (χ1) is 8.92. The highest BCUT2D eigenvalue weighted by atomic mass is 79.9. The average molecular weight is 364 g/mol. The molecule has 0 aliphatic carbocycles. The summed E-state index contributed by atoms with van der Waals surface area (Å²) < 4.78 is 29.5. The minimum atomic E-state index is -3.55. The topological polar surface area (TPSA) is 64.0 Å². The molecule has 2 rings (SSSR count). The van der Waals surface area contributed by atoms with E-state index in [9.17, 15) is 8.42 Å². The van der Waals surface area contributed by atoms with Crippen molar-refractivity contribution in [3.05, 3.63) is 32.8 Å². The highest BCUT2D eigenvalue weighted by Crippen LogP contribution is 2.22. The van der Waals surface area contributed by atoms with Crippen molar-refractivity contribution in [3.8, 4) is 0 Å². The first-order valence-electron chi connectivity index (χ1n) is 5.70. The minimum absolute atomic E-state index is 0.0717. The van der Waals surface area contributed by atoms with Gasteiger partial charge in [-0.15, -0.1) is 11.3 Å². The molecule has 0 unspecified atom stereocenters. The summed E-state index contributed by atoms with van der Waals surface area (Å²) in [6, 6.07) is 3.78. The third-order valence-corrected chi connectivity index (χ3v) is 5.53. The number of hydrogen-bond donors (Lipinski definition) is 1. The van der Waals surface area contributed by atoms with E-state index in [-0.39, 0.29) is 11.6 Å². The molecule has 104 valence electrons. The molecule has 1 N–H and O–H groups in total. The highest BCUT2D eigenvalue weighted by molar-refractivity contribution is 9.11. The molecule has 0 fully saturated rings. The van der Waals surface area contributed by atoms with Crippen LogP contribution < -0.4 is 4.72 Å². The zero-order valence-electron chi connectivity index (χ0n) is 10.6. The second-order valence-electron chi connectivity index (χ2n) is 3.94. The van der Waals surface area contributed by atoms with Gasteiger partial charge in [-0.05, 0) is 41.9 Å². The number of hydrogen-bond acceptors (Lipinski definition) is 4. The molecule has 2 aromatic heterocycles. The van der Waals surface area contributed by atoms with Gasteiger partial charge in [-0.2, -0.15) is 0 Å². The van der Waals surface area contributed by atoms with Crippen LogP contribution in [-0.2, 0) is 23.1 Å². The van der Waals surface area contributed by atoms with E-state index in [1.165, 1.54) is 11.3 Å². The minimum Gasteiger partial charge on any atom is -0.334 e. The van der Waals surface area contributed by atoms with Crippen LogP contribution in [0.25, 0.3) is 0 Å². The van der Waals surface area contributed by atoms with Crippen LogP contribution in [0, 0.1) is 6.92 Å². The summed E-state index contributed by atoms with van der Waals surface area (Å²) >= 11 is 4.85. The van der Waals surface area contributed by atoms with Crippen LogP contribution in [0.2, 0.25) is 0 Å². The van der Waals surface area contributed by atoms with Gasteiger partial charge in [0.25, 0.3) is 10.0 Å². The van der Waals surface area contributed by atoms with Crippen LogP contribution >= 0.6 is 27.3 Å². The maximum Gasteiger partial charge on any atom is 0.259 e. The van der Waals surface area contributed by atoms with Crippen LogP contribution in [0.15, 0.2) is 27.1 Å². The molecule has 0 bridgehead atoms. The van der Waals surface area contributed by atoms with E-state index >= 15 is 0 Å². The summed E-state index contributed by atoms with van der Waals surface area (Å²) in [5.74, 6) is 0.696. The molecule has 0 spiro atoms. The lowest BCUT2D eigenvalue weighted by Crippen LogP contribution is -2.23. The zero-order valence-corrected chi connectivity index (χ0v) is 13.8. The number of halogens is 1. The van der Waals surface area contributed by atoms with Crippen molar-refractivity contribution in [1.82, 2.24) is 14.3 Å². The smallest absolute Gasteiger partial charge is 0.259 e. The highest BCUT2D eigenvalue weighted by Gasteiger charge is 2.18. The van der Waals surface area contributed by atoms with Gasteiger partial charge in [0.1, 0.15) is 5.82 Å². The van der Waals surface area contributed by atoms with Crippen LogP contribution in [0.1, 0.15) is 17.6 Å². The SMILES string of the molecule is CCn1cc(S(=O)(=O)NCc2ccc(Br)s2)nc1C. The Labute approximate surface area is 124 Å². The van der Waals surface area contributed by atoms with E-state index in [4.69, 9.17) is 0 Å². The molecule has 2 aromatic rings. The summed E-state index contributed by atoms with van der Waals surface area (Å²) in [6.45, 7) is 4.71. The van der Waals surface area contributed by atoms with Gasteiger partial charge in [-0.1, -0.05) is 0 Å². The fourth-order valence-corrected chi connectivity index (χ4v) is 4.14. The van der Waals surface area contributed by atoms with Crippen molar-refractivity contribution in [1.29, 1.82) is 0 Å². The maximum absolute atomic E-state index is 12.1. The largest absolute Gasteiger partial charge is 0.334 e. The third-order valence-electron chi connectivity index (χ3n) is 2.64. The standard InChI is InChI=1S/C11H14BrN3O2S2/c1-3-15-7-11(14-8(15)2)19(16,17)13-6-9-4-5-10(12)18-9/h4-5,7,13H,3,6H2,1-2H3. The van der Waals surface area contributed by atoms with E-state index < -0.39 is 10.0 Å². The molecule has 0 saturated heterocycles. The van der Waals surface area contributed by atoms with E-state index in [0.717, 1.165) is 8.66 Å². The number of imidazole rings is 1. The quantitative estimate of drug-likeness (QED) is 0.887. The first kappa shape index (κ1) is 14.7. The van der Waals surface area contributed by atoms with Gasteiger partial charge >= 0.3 is 0 Å². The molecule has 2 heterocycles. The number of rotatable bonds is 5. The van der Waals surface area contributed by atoms with Crippen LogP contribution in [0.4, 0.5) is 0 Å². The molecule has 19 heavy (non-hydrogen) atoms. The Kier molecular flexibility index (Phi) is 4.44. The van der Waals surface area contributed by atoms with Crippen molar-refractivity contribution >= 4 is 37.3 Å². The van der Waals surface area contributed by atoms with Crippen molar-refractivity contribution in [3.63, 3.8) is 0 Å². The second kappa shape index (κ2) is 5.74. The summed E-state index contributed by atoms with van der Waals surface area (Å²) in [5, 5.41) is 0.0717. The van der Waals surface area contributed by atoms with E-state index in [1.54, 1.807) is 17.7 Å². The molecule has 0 saturated carbocycles. The molecule has 8 heteroatoms. The van der Waals surface area contributed by atoms with Crippen molar-refractivity contribution in [2.45, 2.75) is 32.0 Å². The first-order valence-corrected chi connectivity index (χ1v) is 8.79. The molecular formula is C11H14BrN3O2S2. The summed E-state index contributed by atoms with van der Waals surface area (Å²) in [7, 11) is -3.55. The fraction of sp³-hybridized carbons (Fsp3) is 0.364. The molecule has 5 nitrogen and oxygen atoms in total. The fourth-order valence-electron chi connectivity index (χ4n) is 1.62. The lowest BCUT2D eigenvalue weighted by atomic mass is 10.5. The molecular weight excluding hydrogens is 350 g/mol. The number of aryl methyl sites for hydroxylation is 2. The predicted octanol–water partition coefficient (Wildman–Crippen LogP) is 2.51. The molecule has 0 amide bonds. The Balaban J connectivity index is 2.13. The molecule has 0 aliphatic rings. The Bertz CT molecular complexity index is 676. The predicted molar refractivity (Wildman–Crippen MR) is 78.7 cm³/mol. The summed E-state index contributed by atoms with van der Waals surface area (Å²) in [5.41, 5.74) is 0. The number of aromatic nitrogens is 2. The summed E-state index contributed by atoms with van der Waals surface area (Å²) in [6.07, 6.45) is 1.56. The number of nitrogens with one attached hydrogen (secondary N) is 1. The third kappa shape index (κ3) is 3.44. The second-order valence-corrected chi connectivity index (χ2v) is 8.20. The van der Waals surface area contributed by atoms with Crippen molar-refractivity contribution in [2.75, 3.05) is 0 Å². The van der Waals surface area contributed by atoms with E-state index in [2.05, 4.69) is 25.6 Å². The van der Waals surface area contributed by atoms with Crippen molar-refractivity contribution < 1.29 is 8.42 Å². The van der Waals surface area contributed by atoms with E-state index in [1.807, 2.05) is 19.1 Å². The normalized spacial score (nSPS) is 11.9. The molecule has 0 aromatic carbocycles. The Morgan fingerprint density at radius 3 is 2.74 bits per heavy atom. The van der Waals surface area contributed by atoms with Gasteiger partial charge in [0.15, 0.2) is 5.03 Å². The monoisotopic (exact) mass is 363 g/mol. The Morgan fingerprint density at radius 2 is 2.21 bits per heavy atom. The maximum atomic E-state index is 12.1. The summed E-state index contributed by atoms with van der Waals surface area (Å²) in [4.78, 5) is 5.02. The molecule has 0 atom stereocenters. The van der Waals surface area contributed by atoms with Crippen LogP contribution in [-0.4, -0.2) is 18.0 Å². The Morgan fingerprint density at radius 1 is 1.47 bits per heavy atom. The van der Waals surface area contributed by atoms with Gasteiger partial charge < -0.3 is 4.57 Å². The van der Waals surface area contributed by atoms with Gasteiger partial charge in [-0.25, -0.2) is 18.1 Å². The molecule has 0 radical (unpaired) electrons. The van der Waals surface area contributed by atoms with Crippen LogP contribution in [0.3, 0.4) is 0 Å². The number of thiophene rings is 1. The van der Waals surface area contributed by atoms with E-state index in [0.29, 0.717) is 12.4 Å². The number of sulfonamides is 1. The van der Waals surface area contributed by atoms with Crippen LogP contribution in [0.5, 0.6) is 0 Å². The Hall–Kier alpha value is -0.700. The van der Waals surface area contributed by atoms with Crippen molar-refractivity contribution in [2.24, 2.45) is 0 Å². The van der Waals surface area contributed by atoms with Gasteiger partial charge in [0.2, 0.25) is 0 Å². The van der Waals surface area contributed by atoms with Gasteiger partial charge in [0, 0.05) is 24.2 Å².